The first-order valence-electron chi connectivity index (χ1n) is 8.23. The molecule has 23 heavy (non-hydrogen) atoms. The van der Waals surface area contributed by atoms with Gasteiger partial charge in [-0.15, -0.1) is 0 Å². The molecule has 0 unspecified atom stereocenters. The van der Waals surface area contributed by atoms with Crippen LogP contribution in [0.1, 0.15) is 36.3 Å². The fourth-order valence-electron chi connectivity index (χ4n) is 3.56. The summed E-state index contributed by atoms with van der Waals surface area (Å²) in [6, 6.07) is 8.11. The van der Waals surface area contributed by atoms with Crippen LogP contribution >= 0.6 is 0 Å². The van der Waals surface area contributed by atoms with Gasteiger partial charge in [0.15, 0.2) is 0 Å². The number of rotatable bonds is 5. The van der Waals surface area contributed by atoms with Gasteiger partial charge in [0.1, 0.15) is 6.54 Å². The van der Waals surface area contributed by atoms with E-state index in [1.807, 2.05) is 12.1 Å². The highest BCUT2D eigenvalue weighted by Gasteiger charge is 2.47. The van der Waals surface area contributed by atoms with Gasteiger partial charge in [0.25, 0.3) is 0 Å². The maximum Gasteiger partial charge on any atom is 0.323 e. The van der Waals surface area contributed by atoms with Crippen molar-refractivity contribution in [3.8, 4) is 0 Å². The summed E-state index contributed by atoms with van der Waals surface area (Å²) in [4.78, 5) is 25.6. The summed E-state index contributed by atoms with van der Waals surface area (Å²) in [6.07, 6.45) is 2.27. The molecule has 1 saturated carbocycles. The minimum absolute atomic E-state index is 0.00690. The minimum Gasteiger partial charge on any atom is -0.480 e. The lowest BCUT2D eigenvalue weighted by molar-refractivity contribution is -0.148. The molecule has 1 aliphatic heterocycles. The Morgan fingerprint density at radius 1 is 1.26 bits per heavy atom. The normalized spacial score (nSPS) is 24.2. The first-order chi connectivity index (χ1) is 11.1. The smallest absolute Gasteiger partial charge is 0.323 e. The number of hydrogen-bond donors (Lipinski definition) is 1. The van der Waals surface area contributed by atoms with Crippen LogP contribution in [0.4, 0.5) is 0 Å². The molecule has 0 radical (unpaired) electrons. The van der Waals surface area contributed by atoms with E-state index in [9.17, 15) is 9.59 Å². The molecule has 2 aliphatic rings. The van der Waals surface area contributed by atoms with Crippen molar-refractivity contribution >= 4 is 11.9 Å². The second-order valence-electron chi connectivity index (χ2n) is 6.51. The number of carboxylic acids is 1. The molecule has 5 nitrogen and oxygen atoms in total. The monoisotopic (exact) mass is 317 g/mol. The number of hydrogen-bond acceptors (Lipinski definition) is 3. The lowest BCUT2D eigenvalue weighted by Crippen LogP contribution is -2.46. The SMILES string of the molecule is Cc1ccccc1[C@@H]1C[C@@H]1C(=O)N(CC(=O)O)C1CCOCC1. The maximum absolute atomic E-state index is 12.9. The number of benzene rings is 1. The molecule has 5 heteroatoms. The van der Waals surface area contributed by atoms with E-state index in [2.05, 4.69) is 19.1 Å². The van der Waals surface area contributed by atoms with E-state index in [1.54, 1.807) is 4.90 Å². The number of carbonyl (C=O) groups is 2. The molecular formula is C18H23NO4. The number of nitrogens with zero attached hydrogens (tertiary/aromatic N) is 1. The van der Waals surface area contributed by atoms with Crippen LogP contribution in [0.2, 0.25) is 0 Å². The zero-order valence-electron chi connectivity index (χ0n) is 13.4. The Bertz CT molecular complexity index is 594. The molecular weight excluding hydrogens is 294 g/mol. The van der Waals surface area contributed by atoms with Gasteiger partial charge in [0.2, 0.25) is 5.91 Å². The van der Waals surface area contributed by atoms with Crippen molar-refractivity contribution in [1.29, 1.82) is 0 Å². The zero-order valence-corrected chi connectivity index (χ0v) is 13.4. The third-order valence-electron chi connectivity index (χ3n) is 4.92. The standard InChI is InChI=1S/C18H23NO4/c1-12-4-2-3-5-14(12)15-10-16(15)18(22)19(11-17(20)21)13-6-8-23-9-7-13/h2-5,13,15-16H,6-11H2,1H3,(H,20,21)/t15-,16-/m0/s1. The summed E-state index contributed by atoms with van der Waals surface area (Å²) in [6.45, 7) is 3.04. The van der Waals surface area contributed by atoms with Crippen LogP contribution in [0, 0.1) is 12.8 Å². The average Bonchev–Trinajstić information content (AvgIpc) is 3.33. The Balaban J connectivity index is 1.71. The molecule has 1 N–H and O–H groups in total. The summed E-state index contributed by atoms with van der Waals surface area (Å²) in [5.41, 5.74) is 2.41. The van der Waals surface area contributed by atoms with Gasteiger partial charge in [0.05, 0.1) is 0 Å². The third-order valence-corrected chi connectivity index (χ3v) is 4.92. The predicted molar refractivity (Wildman–Crippen MR) is 85.2 cm³/mol. The second kappa shape index (κ2) is 6.71. The summed E-state index contributed by atoms with van der Waals surface area (Å²) in [5, 5.41) is 9.17. The fourth-order valence-corrected chi connectivity index (χ4v) is 3.56. The molecule has 1 saturated heterocycles. The van der Waals surface area contributed by atoms with Crippen molar-refractivity contribution in [2.45, 2.75) is 38.1 Å². The number of aliphatic carboxylic acids is 1. The van der Waals surface area contributed by atoms with Crippen LogP contribution in [0.25, 0.3) is 0 Å². The molecule has 1 amide bonds. The van der Waals surface area contributed by atoms with Crippen LogP contribution in [-0.4, -0.2) is 47.7 Å². The Kier molecular flexibility index (Phi) is 4.66. The Hall–Kier alpha value is -1.88. The van der Waals surface area contributed by atoms with Gasteiger partial charge in [-0.25, -0.2) is 0 Å². The molecule has 1 aliphatic carbocycles. The van der Waals surface area contributed by atoms with Crippen molar-refractivity contribution in [3.63, 3.8) is 0 Å². The number of carbonyl (C=O) groups excluding carboxylic acids is 1. The molecule has 0 spiro atoms. The van der Waals surface area contributed by atoms with Crippen LogP contribution in [-0.2, 0) is 14.3 Å². The van der Waals surface area contributed by atoms with Crippen LogP contribution in [0.3, 0.4) is 0 Å². The van der Waals surface area contributed by atoms with Crippen LogP contribution in [0.15, 0.2) is 24.3 Å². The first-order valence-corrected chi connectivity index (χ1v) is 8.23. The topological polar surface area (TPSA) is 66.8 Å². The second-order valence-corrected chi connectivity index (χ2v) is 6.51. The lowest BCUT2D eigenvalue weighted by atomic mass is 10.0. The van der Waals surface area contributed by atoms with Crippen molar-refractivity contribution < 1.29 is 19.4 Å². The van der Waals surface area contributed by atoms with Gasteiger partial charge in [-0.1, -0.05) is 24.3 Å². The van der Waals surface area contributed by atoms with E-state index in [0.29, 0.717) is 13.2 Å². The molecule has 0 bridgehead atoms. The van der Waals surface area contributed by atoms with E-state index >= 15 is 0 Å². The Morgan fingerprint density at radius 2 is 1.96 bits per heavy atom. The number of aryl methyl sites for hydroxylation is 1. The molecule has 3 rings (SSSR count). The molecule has 1 aromatic carbocycles. The van der Waals surface area contributed by atoms with Gasteiger partial charge in [0, 0.05) is 25.2 Å². The highest BCUT2D eigenvalue weighted by molar-refractivity contribution is 5.86. The predicted octanol–water partition coefficient (Wildman–Crippen LogP) is 2.19. The molecule has 0 aromatic heterocycles. The fraction of sp³-hybridized carbons (Fsp3) is 0.556. The third kappa shape index (κ3) is 3.55. The molecule has 2 atom stereocenters. The quantitative estimate of drug-likeness (QED) is 0.904. The van der Waals surface area contributed by atoms with E-state index in [-0.39, 0.29) is 30.3 Å². The minimum atomic E-state index is -0.946. The number of carboxylic acid groups (broad SMARTS) is 1. The highest BCUT2D eigenvalue weighted by Crippen LogP contribution is 2.49. The molecule has 1 heterocycles. The van der Waals surface area contributed by atoms with Gasteiger partial charge in [-0.05, 0) is 43.2 Å². The number of amides is 1. The van der Waals surface area contributed by atoms with Gasteiger partial charge in [-0.2, -0.15) is 0 Å². The molecule has 124 valence electrons. The van der Waals surface area contributed by atoms with E-state index in [1.165, 1.54) is 11.1 Å². The van der Waals surface area contributed by atoms with Gasteiger partial charge in [-0.3, -0.25) is 9.59 Å². The maximum atomic E-state index is 12.9. The largest absolute Gasteiger partial charge is 0.480 e. The van der Waals surface area contributed by atoms with Gasteiger partial charge < -0.3 is 14.7 Å². The molecule has 1 aromatic rings. The summed E-state index contributed by atoms with van der Waals surface area (Å²) in [7, 11) is 0. The number of ether oxygens (including phenoxy) is 1. The van der Waals surface area contributed by atoms with E-state index < -0.39 is 5.97 Å². The van der Waals surface area contributed by atoms with Crippen LogP contribution < -0.4 is 0 Å². The van der Waals surface area contributed by atoms with Crippen LogP contribution in [0.5, 0.6) is 0 Å². The zero-order chi connectivity index (χ0) is 16.4. The van der Waals surface area contributed by atoms with E-state index in [4.69, 9.17) is 9.84 Å². The van der Waals surface area contributed by atoms with E-state index in [0.717, 1.165) is 19.3 Å². The summed E-state index contributed by atoms with van der Waals surface area (Å²) in [5.74, 6) is -0.788. The Morgan fingerprint density at radius 3 is 2.61 bits per heavy atom. The lowest BCUT2D eigenvalue weighted by Gasteiger charge is -2.33. The first kappa shape index (κ1) is 16.0. The van der Waals surface area contributed by atoms with Crippen molar-refractivity contribution in [2.75, 3.05) is 19.8 Å². The van der Waals surface area contributed by atoms with Crippen molar-refractivity contribution in [1.82, 2.24) is 4.90 Å². The van der Waals surface area contributed by atoms with Gasteiger partial charge >= 0.3 is 5.97 Å². The highest BCUT2D eigenvalue weighted by atomic mass is 16.5. The molecule has 2 fully saturated rings. The summed E-state index contributed by atoms with van der Waals surface area (Å²) >= 11 is 0. The summed E-state index contributed by atoms with van der Waals surface area (Å²) < 4.78 is 5.33. The van der Waals surface area contributed by atoms with Crippen molar-refractivity contribution in [2.24, 2.45) is 5.92 Å². The van der Waals surface area contributed by atoms with Crippen molar-refractivity contribution in [3.05, 3.63) is 35.4 Å². The average molecular weight is 317 g/mol. The Labute approximate surface area is 136 Å².